The third-order valence-corrected chi connectivity index (χ3v) is 6.15. The van der Waals surface area contributed by atoms with Crippen molar-refractivity contribution < 1.29 is 14.0 Å². The lowest BCUT2D eigenvalue weighted by molar-refractivity contribution is 0.102. The summed E-state index contributed by atoms with van der Waals surface area (Å²) in [6.45, 7) is 1.39. The molecule has 2 amide bonds. The molecular weight excluding hydrogens is 504 g/mol. The molecule has 0 fully saturated rings. The van der Waals surface area contributed by atoms with Gasteiger partial charge in [0.05, 0.1) is 29.0 Å². The molecule has 7 nitrogen and oxygen atoms in total. The van der Waals surface area contributed by atoms with Gasteiger partial charge in [-0.1, -0.05) is 29.3 Å². The Kier molecular flexibility index (Phi) is 7.47. The molecule has 186 valence electrons. The van der Waals surface area contributed by atoms with E-state index in [-0.39, 0.29) is 16.8 Å². The SMILES string of the molecule is CN1CCN=C1c1ccc(C(=O)Nc2c(C(=O)Nc3ccc(Cl)cc3)cc(Cl)cc2N(C)C)c(F)c1. The van der Waals surface area contributed by atoms with Crippen LogP contribution in [-0.4, -0.2) is 56.8 Å². The molecule has 0 bridgehead atoms. The van der Waals surface area contributed by atoms with Crippen molar-refractivity contribution in [3.05, 3.63) is 87.2 Å². The van der Waals surface area contributed by atoms with E-state index in [0.717, 1.165) is 6.54 Å². The number of aliphatic imine (C=N–C) groups is 1. The Balaban J connectivity index is 1.67. The summed E-state index contributed by atoms with van der Waals surface area (Å²) in [4.78, 5) is 34.4. The molecule has 10 heteroatoms. The van der Waals surface area contributed by atoms with E-state index in [2.05, 4.69) is 15.6 Å². The summed E-state index contributed by atoms with van der Waals surface area (Å²) in [5.41, 5.74) is 1.74. The van der Waals surface area contributed by atoms with Crippen LogP contribution in [0.15, 0.2) is 59.6 Å². The molecule has 1 aliphatic heterocycles. The van der Waals surface area contributed by atoms with Crippen molar-refractivity contribution in [3.8, 4) is 0 Å². The maximum absolute atomic E-state index is 15.0. The Hall–Kier alpha value is -3.62. The standard InChI is InChI=1S/C26H24Cl2FN5O2/c1-33(2)22-14-17(28)13-20(26(36)31-18-7-5-16(27)6-8-18)23(22)32-25(35)19-9-4-15(12-21(19)29)24-30-10-11-34(24)3/h4-9,12-14H,10-11H2,1-3H3,(H,31,36)(H,32,35). The average Bonchev–Trinajstić information content (AvgIpc) is 3.26. The molecule has 0 unspecified atom stereocenters. The topological polar surface area (TPSA) is 77.0 Å². The second kappa shape index (κ2) is 10.6. The van der Waals surface area contributed by atoms with Crippen LogP contribution in [0.2, 0.25) is 10.0 Å². The lowest BCUT2D eigenvalue weighted by atomic mass is 10.1. The third-order valence-electron chi connectivity index (χ3n) is 5.68. The Morgan fingerprint density at radius 2 is 1.64 bits per heavy atom. The summed E-state index contributed by atoms with van der Waals surface area (Å²) < 4.78 is 15.0. The molecule has 0 aromatic heterocycles. The number of anilines is 3. The number of rotatable bonds is 6. The van der Waals surface area contributed by atoms with Gasteiger partial charge in [-0.25, -0.2) is 4.39 Å². The van der Waals surface area contributed by atoms with Gasteiger partial charge in [-0.15, -0.1) is 0 Å². The van der Waals surface area contributed by atoms with Crippen LogP contribution in [0.3, 0.4) is 0 Å². The van der Waals surface area contributed by atoms with Crippen LogP contribution < -0.4 is 15.5 Å². The summed E-state index contributed by atoms with van der Waals surface area (Å²) in [5.74, 6) is -1.22. The van der Waals surface area contributed by atoms with Gasteiger partial charge in [-0.2, -0.15) is 0 Å². The molecule has 2 N–H and O–H groups in total. The van der Waals surface area contributed by atoms with Crippen molar-refractivity contribution in [1.82, 2.24) is 4.90 Å². The number of hydrogen-bond donors (Lipinski definition) is 2. The lowest BCUT2D eigenvalue weighted by Gasteiger charge is -2.22. The van der Waals surface area contributed by atoms with Gasteiger partial charge < -0.3 is 20.4 Å². The van der Waals surface area contributed by atoms with Crippen molar-refractivity contribution in [1.29, 1.82) is 0 Å². The van der Waals surface area contributed by atoms with Crippen LogP contribution in [0.4, 0.5) is 21.5 Å². The molecule has 0 saturated heterocycles. The molecular formula is C26H24Cl2FN5O2. The number of carbonyl (C=O) groups excluding carboxylic acids is 2. The smallest absolute Gasteiger partial charge is 0.258 e. The van der Waals surface area contributed by atoms with E-state index in [1.807, 2.05) is 11.9 Å². The van der Waals surface area contributed by atoms with Gasteiger partial charge in [0, 0.05) is 49.0 Å². The minimum Gasteiger partial charge on any atom is -0.376 e. The predicted octanol–water partition coefficient (Wildman–Crippen LogP) is 5.40. The Labute approximate surface area is 218 Å². The highest BCUT2D eigenvalue weighted by Gasteiger charge is 2.23. The summed E-state index contributed by atoms with van der Waals surface area (Å²) in [6.07, 6.45) is 0. The molecule has 0 spiro atoms. The van der Waals surface area contributed by atoms with E-state index in [1.165, 1.54) is 18.2 Å². The molecule has 1 heterocycles. The fraction of sp³-hybridized carbons (Fsp3) is 0.192. The van der Waals surface area contributed by atoms with Gasteiger partial charge >= 0.3 is 0 Å². The van der Waals surface area contributed by atoms with E-state index in [4.69, 9.17) is 23.2 Å². The van der Waals surface area contributed by atoms with E-state index in [1.54, 1.807) is 55.4 Å². The highest BCUT2D eigenvalue weighted by atomic mass is 35.5. The number of nitrogens with one attached hydrogen (secondary N) is 2. The summed E-state index contributed by atoms with van der Waals surface area (Å²) >= 11 is 12.2. The maximum atomic E-state index is 15.0. The molecule has 0 radical (unpaired) electrons. The molecule has 0 aliphatic carbocycles. The zero-order valence-corrected chi connectivity index (χ0v) is 21.4. The Bertz CT molecular complexity index is 1360. The van der Waals surface area contributed by atoms with E-state index in [9.17, 15) is 9.59 Å². The zero-order chi connectivity index (χ0) is 26.0. The first-order valence-electron chi connectivity index (χ1n) is 11.1. The molecule has 0 atom stereocenters. The molecule has 1 aliphatic rings. The predicted molar refractivity (Wildman–Crippen MR) is 144 cm³/mol. The van der Waals surface area contributed by atoms with Crippen LogP contribution in [0.25, 0.3) is 0 Å². The highest BCUT2D eigenvalue weighted by Crippen LogP contribution is 2.34. The van der Waals surface area contributed by atoms with Crippen LogP contribution in [0, 0.1) is 5.82 Å². The molecule has 3 aromatic rings. The number of amides is 2. The first kappa shape index (κ1) is 25.5. The Morgan fingerprint density at radius 1 is 0.944 bits per heavy atom. The maximum Gasteiger partial charge on any atom is 0.258 e. The van der Waals surface area contributed by atoms with Crippen LogP contribution >= 0.6 is 23.2 Å². The summed E-state index contributed by atoms with van der Waals surface area (Å²) in [7, 11) is 5.37. The van der Waals surface area contributed by atoms with Gasteiger partial charge in [-0.3, -0.25) is 14.6 Å². The second-order valence-electron chi connectivity index (χ2n) is 8.48. The van der Waals surface area contributed by atoms with E-state index in [0.29, 0.717) is 39.4 Å². The first-order valence-corrected chi connectivity index (χ1v) is 11.8. The van der Waals surface area contributed by atoms with Crippen molar-refractivity contribution >= 4 is 57.9 Å². The van der Waals surface area contributed by atoms with E-state index >= 15 is 4.39 Å². The van der Waals surface area contributed by atoms with Crippen molar-refractivity contribution in [2.45, 2.75) is 0 Å². The average molecular weight is 528 g/mol. The zero-order valence-electron chi connectivity index (χ0n) is 19.9. The molecule has 36 heavy (non-hydrogen) atoms. The van der Waals surface area contributed by atoms with Crippen LogP contribution in [-0.2, 0) is 0 Å². The number of amidine groups is 1. The van der Waals surface area contributed by atoms with Crippen LogP contribution in [0.1, 0.15) is 26.3 Å². The van der Waals surface area contributed by atoms with Gasteiger partial charge in [0.1, 0.15) is 11.7 Å². The number of benzene rings is 3. The molecule has 0 saturated carbocycles. The summed E-state index contributed by atoms with van der Waals surface area (Å²) in [5, 5.41) is 6.31. The quantitative estimate of drug-likeness (QED) is 0.450. The first-order chi connectivity index (χ1) is 17.1. The third kappa shape index (κ3) is 5.45. The number of carbonyl (C=O) groups is 2. The molecule has 3 aromatic carbocycles. The number of halogens is 3. The molecule has 4 rings (SSSR count). The van der Waals surface area contributed by atoms with Gasteiger partial charge in [-0.05, 0) is 48.5 Å². The fourth-order valence-corrected chi connectivity index (χ4v) is 4.19. The number of likely N-dealkylation sites (N-methyl/N-ethyl adjacent to an activating group) is 1. The second-order valence-corrected chi connectivity index (χ2v) is 9.35. The number of nitrogens with zero attached hydrogens (tertiary/aromatic N) is 3. The fourth-order valence-electron chi connectivity index (χ4n) is 3.85. The number of hydrogen-bond acceptors (Lipinski definition) is 5. The summed E-state index contributed by atoms with van der Waals surface area (Å²) in [6, 6.07) is 14.0. The Morgan fingerprint density at radius 3 is 2.25 bits per heavy atom. The minimum atomic E-state index is -0.702. The van der Waals surface area contributed by atoms with Gasteiger partial charge in [0.15, 0.2) is 0 Å². The van der Waals surface area contributed by atoms with Crippen molar-refractivity contribution in [2.24, 2.45) is 4.99 Å². The largest absolute Gasteiger partial charge is 0.376 e. The van der Waals surface area contributed by atoms with Crippen molar-refractivity contribution in [3.63, 3.8) is 0 Å². The van der Waals surface area contributed by atoms with Crippen molar-refractivity contribution in [2.75, 3.05) is 49.8 Å². The minimum absolute atomic E-state index is 0.119. The normalized spacial score (nSPS) is 12.8. The van der Waals surface area contributed by atoms with Crippen LogP contribution in [0.5, 0.6) is 0 Å². The van der Waals surface area contributed by atoms with Gasteiger partial charge in [0.25, 0.3) is 11.8 Å². The highest BCUT2D eigenvalue weighted by molar-refractivity contribution is 6.32. The van der Waals surface area contributed by atoms with E-state index < -0.39 is 17.6 Å². The monoisotopic (exact) mass is 527 g/mol. The van der Waals surface area contributed by atoms with Gasteiger partial charge in [0.2, 0.25) is 0 Å². The lowest BCUT2D eigenvalue weighted by Crippen LogP contribution is -2.24.